The molecule has 0 bridgehead atoms. The van der Waals surface area contributed by atoms with Crippen molar-refractivity contribution in [1.29, 1.82) is 0 Å². The molecule has 0 unspecified atom stereocenters. The van der Waals surface area contributed by atoms with Gasteiger partial charge in [-0.15, -0.1) is 0 Å². The highest BCUT2D eigenvalue weighted by Crippen LogP contribution is 2.47. The Bertz CT molecular complexity index is 396. The van der Waals surface area contributed by atoms with Crippen molar-refractivity contribution < 1.29 is 0 Å². The highest BCUT2D eigenvalue weighted by Gasteiger charge is 2.43. The number of hydrogen-bond acceptors (Lipinski definition) is 1. The summed E-state index contributed by atoms with van der Waals surface area (Å²) in [6.45, 7) is 12.5. The smallest absolute Gasteiger partial charge is 0.00829 e. The summed E-state index contributed by atoms with van der Waals surface area (Å²) >= 11 is 0. The highest BCUT2D eigenvalue weighted by atomic mass is 14.9. The van der Waals surface area contributed by atoms with E-state index in [0.717, 1.165) is 12.5 Å². The molecule has 0 saturated heterocycles. The average Bonchev–Trinajstić information content (AvgIpc) is 2.33. The number of hydrogen-bond donors (Lipinski definition) is 1. The lowest BCUT2D eigenvalue weighted by molar-refractivity contribution is 0.149. The summed E-state index contributed by atoms with van der Waals surface area (Å²) in [5.41, 5.74) is 3.37. The van der Waals surface area contributed by atoms with Gasteiger partial charge in [0.25, 0.3) is 0 Å². The lowest BCUT2D eigenvalue weighted by atomic mass is 9.59. The Morgan fingerprint density at radius 3 is 2.11 bits per heavy atom. The van der Waals surface area contributed by atoms with E-state index in [2.05, 4.69) is 64.2 Å². The van der Waals surface area contributed by atoms with Crippen LogP contribution in [0.15, 0.2) is 24.3 Å². The summed E-state index contributed by atoms with van der Waals surface area (Å²) in [6.07, 6.45) is 2.65. The van der Waals surface area contributed by atoms with E-state index in [1.807, 2.05) is 0 Å². The van der Waals surface area contributed by atoms with Crippen molar-refractivity contribution in [3.63, 3.8) is 0 Å². The summed E-state index contributed by atoms with van der Waals surface area (Å²) in [4.78, 5) is 0. The molecule has 0 atom stereocenters. The highest BCUT2D eigenvalue weighted by molar-refractivity contribution is 5.33. The van der Waals surface area contributed by atoms with Gasteiger partial charge in [0.05, 0.1) is 0 Å². The van der Waals surface area contributed by atoms with Crippen molar-refractivity contribution in [2.45, 2.75) is 64.8 Å². The number of benzene rings is 1. The molecule has 0 aliphatic heterocycles. The van der Waals surface area contributed by atoms with Gasteiger partial charge in [-0.1, -0.05) is 58.9 Å². The third kappa shape index (κ3) is 3.20. The van der Waals surface area contributed by atoms with Gasteiger partial charge in [0.2, 0.25) is 0 Å². The molecule has 0 amide bonds. The number of nitrogens with one attached hydrogen (secondary N) is 1. The van der Waals surface area contributed by atoms with Crippen molar-refractivity contribution in [2.24, 2.45) is 5.92 Å². The monoisotopic (exact) mass is 259 g/mol. The van der Waals surface area contributed by atoms with E-state index in [1.165, 1.54) is 24.0 Å². The van der Waals surface area contributed by atoms with Gasteiger partial charge in [-0.2, -0.15) is 0 Å². The minimum atomic E-state index is 0.388. The van der Waals surface area contributed by atoms with Crippen LogP contribution in [0.1, 0.15) is 64.5 Å². The van der Waals surface area contributed by atoms with Crippen molar-refractivity contribution in [2.75, 3.05) is 6.54 Å². The fraction of sp³-hybridized carbons (Fsp3) is 0.667. The maximum atomic E-state index is 3.64. The first-order chi connectivity index (χ1) is 8.93. The Morgan fingerprint density at radius 1 is 1.11 bits per heavy atom. The zero-order valence-electron chi connectivity index (χ0n) is 13.2. The fourth-order valence-electron chi connectivity index (χ4n) is 3.38. The van der Waals surface area contributed by atoms with Gasteiger partial charge < -0.3 is 5.32 Å². The Kier molecular flexibility index (Phi) is 4.35. The zero-order valence-corrected chi connectivity index (χ0v) is 13.2. The van der Waals surface area contributed by atoms with Gasteiger partial charge in [0, 0.05) is 18.0 Å². The quantitative estimate of drug-likeness (QED) is 0.822. The van der Waals surface area contributed by atoms with Crippen LogP contribution in [0.25, 0.3) is 0 Å². The molecule has 0 heterocycles. The molecule has 1 heteroatoms. The van der Waals surface area contributed by atoms with E-state index in [0.29, 0.717) is 17.4 Å². The molecule has 1 aromatic carbocycles. The third-order valence-electron chi connectivity index (χ3n) is 4.52. The summed E-state index contributed by atoms with van der Waals surface area (Å²) < 4.78 is 0. The molecular weight excluding hydrogens is 230 g/mol. The molecule has 19 heavy (non-hydrogen) atoms. The van der Waals surface area contributed by atoms with Gasteiger partial charge in [0.1, 0.15) is 0 Å². The van der Waals surface area contributed by atoms with Gasteiger partial charge >= 0.3 is 0 Å². The predicted octanol–water partition coefficient (Wildman–Crippen LogP) is 4.48. The predicted molar refractivity (Wildman–Crippen MR) is 83.7 cm³/mol. The molecule has 0 radical (unpaired) electrons. The average molecular weight is 259 g/mol. The summed E-state index contributed by atoms with van der Waals surface area (Å²) in [7, 11) is 0. The Morgan fingerprint density at radius 2 is 1.68 bits per heavy atom. The molecule has 1 aliphatic carbocycles. The summed E-state index contributed by atoms with van der Waals surface area (Å²) in [5, 5.41) is 3.64. The first-order valence-electron chi connectivity index (χ1n) is 7.77. The second-order valence-electron chi connectivity index (χ2n) is 7.11. The van der Waals surface area contributed by atoms with Crippen molar-refractivity contribution in [3.8, 4) is 0 Å². The van der Waals surface area contributed by atoms with Crippen LogP contribution in [0, 0.1) is 5.92 Å². The van der Waals surface area contributed by atoms with E-state index in [-0.39, 0.29) is 0 Å². The minimum absolute atomic E-state index is 0.388. The van der Waals surface area contributed by atoms with E-state index in [4.69, 9.17) is 0 Å². The van der Waals surface area contributed by atoms with E-state index < -0.39 is 0 Å². The Labute approximate surface area is 118 Å². The minimum Gasteiger partial charge on any atom is -0.314 e. The molecule has 1 nitrogen and oxygen atoms in total. The molecule has 0 aromatic heterocycles. The molecule has 0 spiro atoms. The fourth-order valence-corrected chi connectivity index (χ4v) is 3.38. The molecule has 1 fully saturated rings. The second-order valence-corrected chi connectivity index (χ2v) is 7.11. The zero-order chi connectivity index (χ0) is 14.0. The molecule has 1 aromatic rings. The third-order valence-corrected chi connectivity index (χ3v) is 4.52. The van der Waals surface area contributed by atoms with Crippen LogP contribution in [-0.4, -0.2) is 12.6 Å². The Balaban J connectivity index is 2.15. The topological polar surface area (TPSA) is 12.0 Å². The van der Waals surface area contributed by atoms with Crippen LogP contribution in [-0.2, 0) is 5.41 Å². The first kappa shape index (κ1) is 14.6. The molecule has 1 N–H and O–H groups in total. The van der Waals surface area contributed by atoms with Gasteiger partial charge in [-0.3, -0.25) is 0 Å². The molecular formula is C18H29N. The van der Waals surface area contributed by atoms with Crippen LogP contribution in [0.4, 0.5) is 0 Å². The van der Waals surface area contributed by atoms with E-state index in [1.54, 1.807) is 0 Å². The van der Waals surface area contributed by atoms with E-state index >= 15 is 0 Å². The lowest BCUT2D eigenvalue weighted by Gasteiger charge is -2.48. The maximum absolute atomic E-state index is 3.64. The normalized spacial score (nSPS) is 26.8. The largest absolute Gasteiger partial charge is 0.314 e. The van der Waals surface area contributed by atoms with Crippen molar-refractivity contribution >= 4 is 0 Å². The van der Waals surface area contributed by atoms with Crippen molar-refractivity contribution in [3.05, 3.63) is 35.4 Å². The van der Waals surface area contributed by atoms with Crippen LogP contribution in [0.2, 0.25) is 0 Å². The molecule has 2 rings (SSSR count). The van der Waals surface area contributed by atoms with Gasteiger partial charge in [-0.25, -0.2) is 0 Å². The van der Waals surface area contributed by atoms with E-state index in [9.17, 15) is 0 Å². The molecule has 106 valence electrons. The van der Waals surface area contributed by atoms with Gasteiger partial charge in [-0.05, 0) is 35.8 Å². The van der Waals surface area contributed by atoms with Crippen molar-refractivity contribution in [1.82, 2.24) is 5.32 Å². The number of rotatable bonds is 5. The van der Waals surface area contributed by atoms with Gasteiger partial charge in [0.15, 0.2) is 0 Å². The second kappa shape index (κ2) is 5.66. The van der Waals surface area contributed by atoms with Crippen LogP contribution >= 0.6 is 0 Å². The SMILES string of the molecule is CC1CC(CNC(C)C)(c2ccc(C(C)C)cc2)C1. The maximum Gasteiger partial charge on any atom is 0.00829 e. The molecule has 1 aliphatic rings. The van der Waals surface area contributed by atoms with Crippen LogP contribution in [0.5, 0.6) is 0 Å². The van der Waals surface area contributed by atoms with Crippen LogP contribution in [0.3, 0.4) is 0 Å². The van der Waals surface area contributed by atoms with Crippen LogP contribution < -0.4 is 5.32 Å². The molecule has 1 saturated carbocycles. The lowest BCUT2D eigenvalue weighted by Crippen LogP contribution is -2.49. The summed E-state index contributed by atoms with van der Waals surface area (Å²) in [5.74, 6) is 1.50. The Hall–Kier alpha value is -0.820. The first-order valence-corrected chi connectivity index (χ1v) is 7.77. The standard InChI is InChI=1S/C18H29N/c1-13(2)16-6-8-17(9-7-16)18(10-15(5)11-18)12-19-14(3)4/h6-9,13-15,19H,10-12H2,1-5H3. The summed E-state index contributed by atoms with van der Waals surface area (Å²) in [6, 6.07) is 9.94.